The molecule has 0 bridgehead atoms. The molecule has 16 heavy (non-hydrogen) atoms. The van der Waals surface area contributed by atoms with Crippen molar-refractivity contribution in [2.24, 2.45) is 11.8 Å². The molecule has 0 amide bonds. The van der Waals surface area contributed by atoms with Crippen molar-refractivity contribution in [2.75, 3.05) is 0 Å². The van der Waals surface area contributed by atoms with Crippen molar-refractivity contribution in [3.63, 3.8) is 0 Å². The summed E-state index contributed by atoms with van der Waals surface area (Å²) in [5, 5.41) is 11.0. The summed E-state index contributed by atoms with van der Waals surface area (Å²) in [4.78, 5) is 0. The van der Waals surface area contributed by atoms with E-state index in [1.165, 1.54) is 12.8 Å². The van der Waals surface area contributed by atoms with E-state index in [1.807, 2.05) is 24.3 Å². The summed E-state index contributed by atoms with van der Waals surface area (Å²) in [5.41, 5.74) is 0.965. The Kier molecular flexibility index (Phi) is 3.88. The first-order chi connectivity index (χ1) is 7.66. The fourth-order valence-electron chi connectivity index (χ4n) is 2.56. The maximum Gasteiger partial charge on any atom is 0.0818 e. The highest BCUT2D eigenvalue weighted by Crippen LogP contribution is 2.36. The standard InChI is InChI=1S/C14H19ClO/c1-10-5-7-11(8-6-10)14(16)12-3-2-4-13(15)9-12/h2-4,9-11,14,16H,5-8H2,1H3. The van der Waals surface area contributed by atoms with Crippen LogP contribution >= 0.6 is 11.6 Å². The van der Waals surface area contributed by atoms with Crippen LogP contribution in [0.1, 0.15) is 44.3 Å². The number of benzene rings is 1. The van der Waals surface area contributed by atoms with Crippen LogP contribution in [0.4, 0.5) is 0 Å². The fraction of sp³-hybridized carbons (Fsp3) is 0.571. The molecule has 88 valence electrons. The lowest BCUT2D eigenvalue weighted by Gasteiger charge is -2.30. The van der Waals surface area contributed by atoms with E-state index in [0.717, 1.165) is 24.3 Å². The summed E-state index contributed by atoms with van der Waals surface area (Å²) in [5.74, 6) is 1.23. The van der Waals surface area contributed by atoms with E-state index in [4.69, 9.17) is 11.6 Å². The molecular weight excluding hydrogens is 220 g/mol. The van der Waals surface area contributed by atoms with Gasteiger partial charge >= 0.3 is 0 Å². The van der Waals surface area contributed by atoms with Crippen LogP contribution in [0.15, 0.2) is 24.3 Å². The lowest BCUT2D eigenvalue weighted by Crippen LogP contribution is -2.19. The highest BCUT2D eigenvalue weighted by atomic mass is 35.5. The van der Waals surface area contributed by atoms with Crippen molar-refractivity contribution in [2.45, 2.75) is 38.7 Å². The van der Waals surface area contributed by atoms with E-state index in [1.54, 1.807) is 0 Å². The van der Waals surface area contributed by atoms with Gasteiger partial charge in [-0.15, -0.1) is 0 Å². The number of hydrogen-bond donors (Lipinski definition) is 1. The van der Waals surface area contributed by atoms with Gasteiger partial charge in [0.1, 0.15) is 0 Å². The SMILES string of the molecule is CC1CCC(C(O)c2cccc(Cl)c2)CC1. The first-order valence-corrected chi connectivity index (χ1v) is 6.48. The smallest absolute Gasteiger partial charge is 0.0818 e. The average Bonchev–Trinajstić information content (AvgIpc) is 2.29. The molecule has 0 saturated heterocycles. The Labute approximate surface area is 102 Å². The summed E-state index contributed by atoms with van der Waals surface area (Å²) in [6.45, 7) is 2.29. The molecule has 1 saturated carbocycles. The van der Waals surface area contributed by atoms with E-state index in [-0.39, 0.29) is 6.10 Å². The Bertz CT molecular complexity index is 342. The van der Waals surface area contributed by atoms with Gasteiger partial charge in [-0.3, -0.25) is 0 Å². The molecule has 1 aliphatic carbocycles. The fourth-order valence-corrected chi connectivity index (χ4v) is 2.76. The van der Waals surface area contributed by atoms with Crippen molar-refractivity contribution in [1.29, 1.82) is 0 Å². The molecule has 1 aromatic rings. The zero-order chi connectivity index (χ0) is 11.5. The van der Waals surface area contributed by atoms with Gasteiger partial charge in [0.05, 0.1) is 6.10 Å². The average molecular weight is 239 g/mol. The van der Waals surface area contributed by atoms with E-state index in [0.29, 0.717) is 10.9 Å². The normalized spacial score (nSPS) is 27.7. The van der Waals surface area contributed by atoms with Gasteiger partial charge in [0, 0.05) is 5.02 Å². The first-order valence-electron chi connectivity index (χ1n) is 6.10. The molecule has 0 heterocycles. The monoisotopic (exact) mass is 238 g/mol. The third-order valence-electron chi connectivity index (χ3n) is 3.70. The Morgan fingerprint density at radius 3 is 2.56 bits per heavy atom. The number of aliphatic hydroxyl groups is 1. The molecule has 1 aromatic carbocycles. The van der Waals surface area contributed by atoms with Crippen molar-refractivity contribution in [3.8, 4) is 0 Å². The molecule has 1 aliphatic rings. The summed E-state index contributed by atoms with van der Waals surface area (Å²) < 4.78 is 0. The quantitative estimate of drug-likeness (QED) is 0.819. The minimum absolute atomic E-state index is 0.341. The Hall–Kier alpha value is -0.530. The van der Waals surface area contributed by atoms with Gasteiger partial charge in [-0.1, -0.05) is 43.5 Å². The predicted octanol–water partition coefficient (Wildman–Crippen LogP) is 4.20. The second-order valence-corrected chi connectivity index (χ2v) is 5.46. The largest absolute Gasteiger partial charge is 0.388 e. The molecule has 1 N–H and O–H groups in total. The van der Waals surface area contributed by atoms with E-state index < -0.39 is 0 Å². The number of aliphatic hydroxyl groups excluding tert-OH is 1. The van der Waals surface area contributed by atoms with Crippen LogP contribution in [-0.2, 0) is 0 Å². The number of rotatable bonds is 2. The van der Waals surface area contributed by atoms with Crippen LogP contribution in [0.2, 0.25) is 5.02 Å². The van der Waals surface area contributed by atoms with Crippen molar-refractivity contribution >= 4 is 11.6 Å². The van der Waals surface area contributed by atoms with Crippen molar-refractivity contribution < 1.29 is 5.11 Å². The molecule has 1 atom stereocenters. The maximum absolute atomic E-state index is 10.3. The van der Waals surface area contributed by atoms with Crippen LogP contribution in [-0.4, -0.2) is 5.11 Å². The van der Waals surface area contributed by atoms with Gasteiger partial charge in [0.2, 0.25) is 0 Å². The molecule has 0 spiro atoms. The maximum atomic E-state index is 10.3. The highest BCUT2D eigenvalue weighted by Gasteiger charge is 2.25. The minimum atomic E-state index is -0.341. The minimum Gasteiger partial charge on any atom is -0.388 e. The third-order valence-corrected chi connectivity index (χ3v) is 3.93. The van der Waals surface area contributed by atoms with Crippen LogP contribution in [0, 0.1) is 11.8 Å². The topological polar surface area (TPSA) is 20.2 Å². The van der Waals surface area contributed by atoms with E-state index >= 15 is 0 Å². The second kappa shape index (κ2) is 5.20. The van der Waals surface area contributed by atoms with E-state index in [9.17, 15) is 5.11 Å². The molecular formula is C14H19ClO. The Morgan fingerprint density at radius 2 is 1.94 bits per heavy atom. The summed E-state index contributed by atoms with van der Waals surface area (Å²) >= 11 is 5.94. The van der Waals surface area contributed by atoms with Crippen molar-refractivity contribution in [3.05, 3.63) is 34.9 Å². The van der Waals surface area contributed by atoms with Gasteiger partial charge in [0.15, 0.2) is 0 Å². The zero-order valence-electron chi connectivity index (χ0n) is 9.70. The van der Waals surface area contributed by atoms with Gasteiger partial charge in [-0.25, -0.2) is 0 Å². The zero-order valence-corrected chi connectivity index (χ0v) is 10.5. The molecule has 0 aromatic heterocycles. The van der Waals surface area contributed by atoms with Crippen LogP contribution in [0.3, 0.4) is 0 Å². The number of halogens is 1. The summed E-state index contributed by atoms with van der Waals surface area (Å²) in [7, 11) is 0. The highest BCUT2D eigenvalue weighted by molar-refractivity contribution is 6.30. The molecule has 0 radical (unpaired) electrons. The van der Waals surface area contributed by atoms with Gasteiger partial charge in [-0.2, -0.15) is 0 Å². The second-order valence-electron chi connectivity index (χ2n) is 5.02. The molecule has 1 fully saturated rings. The summed E-state index contributed by atoms with van der Waals surface area (Å²) in [6.07, 6.45) is 4.40. The Morgan fingerprint density at radius 1 is 1.25 bits per heavy atom. The lowest BCUT2D eigenvalue weighted by molar-refractivity contribution is 0.0756. The van der Waals surface area contributed by atoms with E-state index in [2.05, 4.69) is 6.92 Å². The molecule has 1 nitrogen and oxygen atoms in total. The van der Waals surface area contributed by atoms with Crippen LogP contribution in [0.5, 0.6) is 0 Å². The first kappa shape index (κ1) is 11.9. The summed E-state index contributed by atoms with van der Waals surface area (Å²) in [6, 6.07) is 7.60. The molecule has 2 rings (SSSR count). The van der Waals surface area contributed by atoms with Gasteiger partial charge in [-0.05, 0) is 42.4 Å². The Balaban J connectivity index is 2.04. The molecule has 1 unspecified atom stereocenters. The number of hydrogen-bond acceptors (Lipinski definition) is 1. The van der Waals surface area contributed by atoms with Gasteiger partial charge < -0.3 is 5.11 Å². The predicted molar refractivity (Wildman–Crippen MR) is 67.5 cm³/mol. The van der Waals surface area contributed by atoms with Crippen molar-refractivity contribution in [1.82, 2.24) is 0 Å². The van der Waals surface area contributed by atoms with Gasteiger partial charge in [0.25, 0.3) is 0 Å². The molecule has 0 aliphatic heterocycles. The van der Waals surface area contributed by atoms with Crippen LogP contribution < -0.4 is 0 Å². The third kappa shape index (κ3) is 2.78. The van der Waals surface area contributed by atoms with Crippen LogP contribution in [0.25, 0.3) is 0 Å². The lowest BCUT2D eigenvalue weighted by atomic mass is 9.78. The molecule has 2 heteroatoms.